The number of hydrogen-bond acceptors (Lipinski definition) is 2. The molecule has 0 aliphatic rings. The van der Waals surface area contributed by atoms with E-state index in [-0.39, 0.29) is 11.7 Å². The molecule has 1 rings (SSSR count). The highest BCUT2D eigenvalue weighted by molar-refractivity contribution is 5.73. The highest BCUT2D eigenvalue weighted by atomic mass is 19.1. The second-order valence-corrected chi connectivity index (χ2v) is 4.42. The van der Waals surface area contributed by atoms with Crippen molar-refractivity contribution in [3.63, 3.8) is 0 Å². The first-order chi connectivity index (χ1) is 8.50. The molecule has 0 saturated heterocycles. The normalized spacial score (nSPS) is 13.1. The summed E-state index contributed by atoms with van der Waals surface area (Å²) in [6.45, 7) is 4.18. The summed E-state index contributed by atoms with van der Waals surface area (Å²) in [5.41, 5.74) is 0.884. The molecule has 0 aliphatic carbocycles. The molecular weight excluding hydrogens is 233 g/mol. The fourth-order valence-corrected chi connectivity index (χ4v) is 1.57. The van der Waals surface area contributed by atoms with E-state index in [1.807, 2.05) is 26.0 Å². The Morgan fingerprint density at radius 1 is 1.39 bits per heavy atom. The van der Waals surface area contributed by atoms with Crippen LogP contribution in [0.4, 0.5) is 4.39 Å². The summed E-state index contributed by atoms with van der Waals surface area (Å²) < 4.78 is 12.7. The van der Waals surface area contributed by atoms with Crippen LogP contribution in [-0.4, -0.2) is 23.7 Å². The molecule has 0 fully saturated rings. The van der Waals surface area contributed by atoms with Gasteiger partial charge in [-0.15, -0.1) is 0 Å². The van der Waals surface area contributed by atoms with Gasteiger partial charge >= 0.3 is 5.97 Å². The van der Waals surface area contributed by atoms with Gasteiger partial charge in [-0.1, -0.05) is 38.1 Å². The summed E-state index contributed by atoms with van der Waals surface area (Å²) in [6.07, 6.45) is 3.65. The average molecular weight is 251 g/mol. The van der Waals surface area contributed by atoms with Crippen molar-refractivity contribution in [2.45, 2.75) is 19.9 Å². The molecule has 0 heterocycles. The van der Waals surface area contributed by atoms with Gasteiger partial charge in [-0.2, -0.15) is 0 Å². The molecule has 2 N–H and O–H groups in total. The Bertz CT molecular complexity index is 412. The Labute approximate surface area is 106 Å². The molecule has 0 spiro atoms. The summed E-state index contributed by atoms with van der Waals surface area (Å²) in [4.78, 5) is 10.9. The van der Waals surface area contributed by atoms with Gasteiger partial charge in [0.15, 0.2) is 0 Å². The first-order valence-corrected chi connectivity index (χ1v) is 5.89. The highest BCUT2D eigenvalue weighted by Gasteiger charge is 2.19. The van der Waals surface area contributed by atoms with Crippen LogP contribution in [0, 0.1) is 11.7 Å². The van der Waals surface area contributed by atoms with E-state index in [9.17, 15) is 9.18 Å². The zero-order chi connectivity index (χ0) is 13.5. The Balaban J connectivity index is 2.45. The number of rotatable bonds is 6. The van der Waals surface area contributed by atoms with Crippen LogP contribution in [0.15, 0.2) is 30.3 Å². The highest BCUT2D eigenvalue weighted by Crippen LogP contribution is 2.05. The third kappa shape index (κ3) is 4.67. The molecule has 0 saturated carbocycles. The number of nitrogens with one attached hydrogen (secondary N) is 1. The van der Waals surface area contributed by atoms with E-state index < -0.39 is 12.0 Å². The zero-order valence-electron chi connectivity index (χ0n) is 10.6. The van der Waals surface area contributed by atoms with Crippen molar-refractivity contribution < 1.29 is 14.3 Å². The van der Waals surface area contributed by atoms with Crippen LogP contribution in [0.3, 0.4) is 0 Å². The Hall–Kier alpha value is -1.68. The van der Waals surface area contributed by atoms with Gasteiger partial charge in [0.1, 0.15) is 11.9 Å². The molecule has 1 atom stereocenters. The van der Waals surface area contributed by atoms with Crippen molar-refractivity contribution in [1.29, 1.82) is 0 Å². The molecular formula is C14H18FNO2. The number of aliphatic carboxylic acids is 1. The Kier molecular flexibility index (Phi) is 5.52. The SMILES string of the molecule is CC(C)[C@H](NC/C=C/c1ccc(F)cc1)C(=O)O. The van der Waals surface area contributed by atoms with E-state index in [0.29, 0.717) is 6.54 Å². The second-order valence-electron chi connectivity index (χ2n) is 4.42. The van der Waals surface area contributed by atoms with Crippen molar-refractivity contribution >= 4 is 12.0 Å². The molecule has 4 heteroatoms. The average Bonchev–Trinajstić information content (AvgIpc) is 2.30. The van der Waals surface area contributed by atoms with Gasteiger partial charge in [-0.25, -0.2) is 4.39 Å². The third-order valence-corrected chi connectivity index (χ3v) is 2.57. The van der Waals surface area contributed by atoms with Gasteiger partial charge in [0.05, 0.1) is 0 Å². The monoisotopic (exact) mass is 251 g/mol. The molecule has 0 radical (unpaired) electrons. The molecule has 1 aromatic carbocycles. The maximum atomic E-state index is 12.7. The smallest absolute Gasteiger partial charge is 0.320 e. The summed E-state index contributed by atoms with van der Waals surface area (Å²) >= 11 is 0. The van der Waals surface area contributed by atoms with Gasteiger partial charge in [-0.3, -0.25) is 4.79 Å². The van der Waals surface area contributed by atoms with Crippen LogP contribution in [0.1, 0.15) is 19.4 Å². The van der Waals surface area contributed by atoms with Crippen molar-refractivity contribution in [3.05, 3.63) is 41.7 Å². The topological polar surface area (TPSA) is 49.3 Å². The lowest BCUT2D eigenvalue weighted by Gasteiger charge is -2.16. The maximum Gasteiger partial charge on any atom is 0.320 e. The lowest BCUT2D eigenvalue weighted by molar-refractivity contribution is -0.140. The first-order valence-electron chi connectivity index (χ1n) is 5.89. The third-order valence-electron chi connectivity index (χ3n) is 2.57. The molecule has 1 aromatic rings. The van der Waals surface area contributed by atoms with E-state index in [4.69, 9.17) is 5.11 Å². The minimum absolute atomic E-state index is 0.0294. The predicted octanol–water partition coefficient (Wildman–Crippen LogP) is 2.54. The standard InChI is InChI=1S/C14H18FNO2/c1-10(2)13(14(17)18)16-9-3-4-11-5-7-12(15)8-6-11/h3-8,10,13,16H,9H2,1-2H3,(H,17,18)/b4-3+/t13-/m0/s1. The maximum absolute atomic E-state index is 12.7. The predicted molar refractivity (Wildman–Crippen MR) is 69.7 cm³/mol. The van der Waals surface area contributed by atoms with Crippen molar-refractivity contribution in [2.24, 2.45) is 5.92 Å². The summed E-state index contributed by atoms with van der Waals surface area (Å²) in [7, 11) is 0. The molecule has 3 nitrogen and oxygen atoms in total. The molecule has 18 heavy (non-hydrogen) atoms. The first kappa shape index (κ1) is 14.4. The van der Waals surface area contributed by atoms with Crippen LogP contribution < -0.4 is 5.32 Å². The van der Waals surface area contributed by atoms with Gasteiger partial charge in [0.25, 0.3) is 0 Å². The minimum atomic E-state index is -0.847. The summed E-state index contributed by atoms with van der Waals surface area (Å²) in [5.74, 6) is -1.09. The molecule has 0 aromatic heterocycles. The number of benzene rings is 1. The number of carbonyl (C=O) groups is 1. The van der Waals surface area contributed by atoms with Crippen LogP contribution in [-0.2, 0) is 4.79 Å². The Morgan fingerprint density at radius 2 is 2.00 bits per heavy atom. The van der Waals surface area contributed by atoms with Gasteiger partial charge in [-0.05, 0) is 23.6 Å². The summed E-state index contributed by atoms with van der Waals surface area (Å²) in [5, 5.41) is 11.9. The minimum Gasteiger partial charge on any atom is -0.480 e. The second kappa shape index (κ2) is 6.91. The van der Waals surface area contributed by atoms with E-state index in [2.05, 4.69) is 5.32 Å². The fraction of sp³-hybridized carbons (Fsp3) is 0.357. The number of carboxylic acid groups (broad SMARTS) is 1. The van der Waals surface area contributed by atoms with E-state index >= 15 is 0 Å². The quantitative estimate of drug-likeness (QED) is 0.816. The van der Waals surface area contributed by atoms with Gasteiger partial charge in [0, 0.05) is 6.54 Å². The van der Waals surface area contributed by atoms with Crippen LogP contribution in [0.25, 0.3) is 6.08 Å². The zero-order valence-corrected chi connectivity index (χ0v) is 10.6. The molecule has 0 unspecified atom stereocenters. The summed E-state index contributed by atoms with van der Waals surface area (Å²) in [6, 6.07) is 5.57. The lowest BCUT2D eigenvalue weighted by atomic mass is 10.1. The van der Waals surface area contributed by atoms with Crippen molar-refractivity contribution in [2.75, 3.05) is 6.54 Å². The van der Waals surface area contributed by atoms with Crippen molar-refractivity contribution in [1.82, 2.24) is 5.32 Å². The van der Waals surface area contributed by atoms with E-state index in [1.165, 1.54) is 12.1 Å². The van der Waals surface area contributed by atoms with E-state index in [1.54, 1.807) is 12.1 Å². The number of halogens is 1. The fourth-order valence-electron chi connectivity index (χ4n) is 1.57. The Morgan fingerprint density at radius 3 is 2.50 bits per heavy atom. The van der Waals surface area contributed by atoms with E-state index in [0.717, 1.165) is 5.56 Å². The number of hydrogen-bond donors (Lipinski definition) is 2. The number of carboxylic acids is 1. The molecule has 98 valence electrons. The van der Waals surface area contributed by atoms with Gasteiger partial charge < -0.3 is 10.4 Å². The lowest BCUT2D eigenvalue weighted by Crippen LogP contribution is -2.40. The van der Waals surface area contributed by atoms with Crippen LogP contribution in [0.5, 0.6) is 0 Å². The molecule has 0 aliphatic heterocycles. The molecule has 0 amide bonds. The van der Waals surface area contributed by atoms with Crippen LogP contribution in [0.2, 0.25) is 0 Å². The van der Waals surface area contributed by atoms with Gasteiger partial charge in [0.2, 0.25) is 0 Å². The largest absolute Gasteiger partial charge is 0.480 e. The van der Waals surface area contributed by atoms with Crippen molar-refractivity contribution in [3.8, 4) is 0 Å². The van der Waals surface area contributed by atoms with Crippen LogP contribution >= 0.6 is 0 Å². The molecule has 0 bridgehead atoms.